The van der Waals surface area contributed by atoms with Crippen molar-refractivity contribution in [2.24, 2.45) is 0 Å². The lowest BCUT2D eigenvalue weighted by Gasteiger charge is -2.20. The molecule has 0 aliphatic heterocycles. The minimum absolute atomic E-state index is 0.00411. The molecule has 1 amide bonds. The molecule has 5 rings (SSSR count). The molecule has 0 unspecified atom stereocenters. The highest BCUT2D eigenvalue weighted by molar-refractivity contribution is 9.10. The predicted octanol–water partition coefficient (Wildman–Crippen LogP) is 6.90. The van der Waals surface area contributed by atoms with E-state index in [0.29, 0.717) is 18.1 Å². The summed E-state index contributed by atoms with van der Waals surface area (Å²) in [4.78, 5) is 24.2. The Hall–Kier alpha value is -3.35. The van der Waals surface area contributed by atoms with E-state index in [0.717, 1.165) is 36.9 Å². The number of carbonyl (C=O) groups excluding carboxylic acids is 1. The number of rotatable bonds is 6. The van der Waals surface area contributed by atoms with Crippen LogP contribution in [0.4, 0.5) is 5.13 Å². The predicted molar refractivity (Wildman–Crippen MR) is 138 cm³/mol. The topological polar surface area (TPSA) is 46.1 Å². The van der Waals surface area contributed by atoms with Gasteiger partial charge in [0.2, 0.25) is 5.91 Å². The summed E-state index contributed by atoms with van der Waals surface area (Å²) in [5.41, 5.74) is 5.12. The first-order valence-electron chi connectivity index (χ1n) is 10.6. The number of thiazole rings is 1. The van der Waals surface area contributed by atoms with E-state index in [-0.39, 0.29) is 5.91 Å². The van der Waals surface area contributed by atoms with E-state index in [1.165, 1.54) is 11.3 Å². The third-order valence-corrected chi connectivity index (χ3v) is 6.89. The van der Waals surface area contributed by atoms with Crippen LogP contribution >= 0.6 is 27.3 Å². The molecule has 0 spiro atoms. The molecule has 6 heteroatoms. The van der Waals surface area contributed by atoms with E-state index < -0.39 is 0 Å². The van der Waals surface area contributed by atoms with E-state index >= 15 is 0 Å². The van der Waals surface area contributed by atoms with Gasteiger partial charge >= 0.3 is 0 Å². The van der Waals surface area contributed by atoms with Gasteiger partial charge in [-0.2, -0.15) is 0 Å². The first kappa shape index (κ1) is 21.5. The quantitative estimate of drug-likeness (QED) is 0.248. The molecule has 4 nitrogen and oxygen atoms in total. The smallest absolute Gasteiger partial charge is 0.233 e. The molecule has 5 aromatic rings. The average molecular weight is 514 g/mol. The number of pyridine rings is 1. The second kappa shape index (κ2) is 9.65. The number of carbonyl (C=O) groups is 1. The van der Waals surface area contributed by atoms with Gasteiger partial charge in [0.25, 0.3) is 0 Å². The van der Waals surface area contributed by atoms with Crippen molar-refractivity contribution in [1.29, 1.82) is 0 Å². The van der Waals surface area contributed by atoms with Crippen molar-refractivity contribution in [3.8, 4) is 11.1 Å². The first-order chi connectivity index (χ1) is 16.2. The zero-order valence-electron chi connectivity index (χ0n) is 17.7. The number of aromatic nitrogens is 2. The van der Waals surface area contributed by atoms with Crippen LogP contribution in [-0.4, -0.2) is 15.9 Å². The Morgan fingerprint density at radius 1 is 0.879 bits per heavy atom. The van der Waals surface area contributed by atoms with Gasteiger partial charge in [0.05, 0.1) is 23.2 Å². The highest BCUT2D eigenvalue weighted by Gasteiger charge is 2.21. The van der Waals surface area contributed by atoms with Crippen molar-refractivity contribution in [2.45, 2.75) is 13.0 Å². The minimum Gasteiger partial charge on any atom is -0.283 e. The average Bonchev–Trinajstić information content (AvgIpc) is 3.27. The molecule has 3 aromatic carbocycles. The second-order valence-corrected chi connectivity index (χ2v) is 9.61. The van der Waals surface area contributed by atoms with Gasteiger partial charge in [0.15, 0.2) is 5.13 Å². The molecular formula is C27H20BrN3OS. The molecule has 2 aromatic heterocycles. The maximum atomic E-state index is 13.5. The van der Waals surface area contributed by atoms with Crippen molar-refractivity contribution in [1.82, 2.24) is 9.97 Å². The number of benzene rings is 3. The monoisotopic (exact) mass is 513 g/mol. The Kier molecular flexibility index (Phi) is 6.28. The third kappa shape index (κ3) is 5.02. The summed E-state index contributed by atoms with van der Waals surface area (Å²) in [6.07, 6.45) is 3.83. The number of halogens is 1. The van der Waals surface area contributed by atoms with Gasteiger partial charge < -0.3 is 0 Å². The number of nitrogens with zero attached hydrogens (tertiary/aromatic N) is 3. The number of hydrogen-bond donors (Lipinski definition) is 0. The molecule has 0 bridgehead atoms. The van der Waals surface area contributed by atoms with Crippen molar-refractivity contribution in [2.75, 3.05) is 4.90 Å². The van der Waals surface area contributed by atoms with E-state index in [9.17, 15) is 4.79 Å². The van der Waals surface area contributed by atoms with Gasteiger partial charge in [-0.3, -0.25) is 14.7 Å². The Balaban J connectivity index is 1.42. The van der Waals surface area contributed by atoms with E-state index in [4.69, 9.17) is 4.98 Å². The van der Waals surface area contributed by atoms with E-state index in [1.54, 1.807) is 17.3 Å². The summed E-state index contributed by atoms with van der Waals surface area (Å²) in [5.74, 6) is 0.00411. The lowest BCUT2D eigenvalue weighted by Crippen LogP contribution is -2.31. The minimum atomic E-state index is 0.00411. The van der Waals surface area contributed by atoms with Crippen LogP contribution in [-0.2, 0) is 17.8 Å². The van der Waals surface area contributed by atoms with Gasteiger partial charge in [-0.15, -0.1) is 0 Å². The number of fused-ring (bicyclic) bond motifs is 1. The molecule has 2 heterocycles. The van der Waals surface area contributed by atoms with Crippen molar-refractivity contribution in [3.05, 3.63) is 113 Å². The van der Waals surface area contributed by atoms with E-state index in [2.05, 4.69) is 45.2 Å². The van der Waals surface area contributed by atoms with Gasteiger partial charge in [0, 0.05) is 16.9 Å². The first-order valence-corrected chi connectivity index (χ1v) is 12.2. The highest BCUT2D eigenvalue weighted by atomic mass is 79.9. The van der Waals surface area contributed by atoms with Gasteiger partial charge in [-0.05, 0) is 46.5 Å². The Morgan fingerprint density at radius 2 is 1.67 bits per heavy atom. The number of anilines is 1. The molecule has 0 N–H and O–H groups in total. The molecule has 0 saturated heterocycles. The van der Waals surface area contributed by atoms with Crippen LogP contribution in [0.15, 0.2) is 102 Å². The van der Waals surface area contributed by atoms with Crippen LogP contribution in [0.1, 0.15) is 11.1 Å². The van der Waals surface area contributed by atoms with Crippen molar-refractivity contribution >= 4 is 48.5 Å². The van der Waals surface area contributed by atoms with Crippen molar-refractivity contribution < 1.29 is 4.79 Å². The van der Waals surface area contributed by atoms with Crippen LogP contribution in [0, 0.1) is 0 Å². The van der Waals surface area contributed by atoms with Gasteiger partial charge in [-0.1, -0.05) is 87.9 Å². The molecule has 0 aliphatic rings. The van der Waals surface area contributed by atoms with Crippen LogP contribution in [0.5, 0.6) is 0 Å². The summed E-state index contributed by atoms with van der Waals surface area (Å²) in [6.45, 7) is 0.426. The summed E-state index contributed by atoms with van der Waals surface area (Å²) >= 11 is 5.04. The molecule has 33 heavy (non-hydrogen) atoms. The number of amides is 1. The van der Waals surface area contributed by atoms with Crippen molar-refractivity contribution in [3.63, 3.8) is 0 Å². The maximum Gasteiger partial charge on any atom is 0.233 e. The fourth-order valence-electron chi connectivity index (χ4n) is 3.65. The molecule has 0 fully saturated rings. The normalized spacial score (nSPS) is 10.9. The standard InChI is InChI=1S/C27H20BrN3OS/c28-23-12-13-24-25(16-23)33-27(30-24)31(18-20-5-4-14-29-17-20)26(32)15-19-8-10-22(11-9-19)21-6-2-1-3-7-21/h1-14,16-17H,15,18H2. The second-order valence-electron chi connectivity index (χ2n) is 7.69. The summed E-state index contributed by atoms with van der Waals surface area (Å²) < 4.78 is 2.03. The highest BCUT2D eigenvalue weighted by Crippen LogP contribution is 2.32. The molecule has 0 saturated carbocycles. The largest absolute Gasteiger partial charge is 0.283 e. The zero-order chi connectivity index (χ0) is 22.6. The summed E-state index contributed by atoms with van der Waals surface area (Å²) in [7, 11) is 0. The lowest BCUT2D eigenvalue weighted by molar-refractivity contribution is -0.118. The van der Waals surface area contributed by atoms with Gasteiger partial charge in [0.1, 0.15) is 0 Å². The van der Waals surface area contributed by atoms with Crippen LogP contribution in [0.2, 0.25) is 0 Å². The van der Waals surface area contributed by atoms with Crippen LogP contribution < -0.4 is 4.90 Å². The molecule has 0 radical (unpaired) electrons. The van der Waals surface area contributed by atoms with Gasteiger partial charge in [-0.25, -0.2) is 4.98 Å². The molecular weight excluding hydrogens is 494 g/mol. The Morgan fingerprint density at radius 3 is 2.42 bits per heavy atom. The van der Waals surface area contributed by atoms with Crippen LogP contribution in [0.3, 0.4) is 0 Å². The molecule has 0 aliphatic carbocycles. The Bertz CT molecular complexity index is 1390. The zero-order valence-corrected chi connectivity index (χ0v) is 20.1. The van der Waals surface area contributed by atoms with E-state index in [1.807, 2.05) is 60.7 Å². The Labute approximate surface area is 204 Å². The summed E-state index contributed by atoms with van der Waals surface area (Å²) in [5, 5.41) is 0.692. The lowest BCUT2D eigenvalue weighted by atomic mass is 10.0. The third-order valence-electron chi connectivity index (χ3n) is 5.35. The fourth-order valence-corrected chi connectivity index (χ4v) is 5.19. The molecule has 0 atom stereocenters. The fraction of sp³-hybridized carbons (Fsp3) is 0.0741. The SMILES string of the molecule is O=C(Cc1ccc(-c2ccccc2)cc1)N(Cc1cccnc1)c1nc2ccc(Br)cc2s1. The molecule has 162 valence electrons. The van der Waals surface area contributed by atoms with Crippen LogP contribution in [0.25, 0.3) is 21.3 Å². The number of hydrogen-bond acceptors (Lipinski definition) is 4. The summed E-state index contributed by atoms with van der Waals surface area (Å²) in [6, 6.07) is 28.2. The maximum absolute atomic E-state index is 13.5.